The van der Waals surface area contributed by atoms with E-state index in [1.807, 2.05) is 6.92 Å². The number of benzene rings is 1. The molecule has 1 aliphatic rings. The third-order valence-electron chi connectivity index (χ3n) is 4.45. The molecule has 7 nitrogen and oxygen atoms in total. The average Bonchev–Trinajstić information content (AvgIpc) is 3.15. The van der Waals surface area contributed by atoms with Crippen LogP contribution in [0.15, 0.2) is 27.7 Å². The molecule has 0 saturated carbocycles. The molecule has 0 radical (unpaired) electrons. The molecule has 2 N–H and O–H groups in total. The summed E-state index contributed by atoms with van der Waals surface area (Å²) in [6, 6.07) is 2.97. The van der Waals surface area contributed by atoms with Gasteiger partial charge in [0.25, 0.3) is 0 Å². The van der Waals surface area contributed by atoms with Gasteiger partial charge in [-0.05, 0) is 31.0 Å². The lowest BCUT2D eigenvalue weighted by Crippen LogP contribution is -2.38. The van der Waals surface area contributed by atoms with Gasteiger partial charge in [-0.15, -0.1) is 0 Å². The predicted octanol–water partition coefficient (Wildman–Crippen LogP) is 3.28. The van der Waals surface area contributed by atoms with Crippen LogP contribution in [-0.4, -0.2) is 30.8 Å². The number of guanidine groups is 1. The number of halogens is 1. The van der Waals surface area contributed by atoms with Crippen LogP contribution in [0.2, 0.25) is 0 Å². The number of hydrogen-bond donors (Lipinski definition) is 2. The van der Waals surface area contributed by atoms with E-state index in [4.69, 9.17) is 13.9 Å². The highest BCUT2D eigenvalue weighted by molar-refractivity contribution is 5.79. The Hall–Kier alpha value is -2.61. The van der Waals surface area contributed by atoms with Crippen molar-refractivity contribution in [3.8, 4) is 5.75 Å². The molecule has 0 amide bonds. The van der Waals surface area contributed by atoms with Crippen LogP contribution in [-0.2, 0) is 29.7 Å². The average molecular weight is 404 g/mol. The minimum absolute atomic E-state index is 0.0884. The normalized spacial score (nSPS) is 14.3. The third kappa shape index (κ3) is 5.69. The van der Waals surface area contributed by atoms with Gasteiger partial charge >= 0.3 is 0 Å². The molecule has 2 heterocycles. The molecule has 0 saturated heterocycles. The molecule has 1 aromatic carbocycles. The summed E-state index contributed by atoms with van der Waals surface area (Å²) in [4.78, 5) is 8.83. The number of ether oxygens (including phenoxy) is 2. The molecule has 8 heteroatoms. The highest BCUT2D eigenvalue weighted by Gasteiger charge is 2.19. The van der Waals surface area contributed by atoms with Crippen molar-refractivity contribution < 1.29 is 18.3 Å². The fourth-order valence-electron chi connectivity index (χ4n) is 2.98. The maximum atomic E-state index is 13.9. The van der Waals surface area contributed by atoms with Gasteiger partial charge in [0.2, 0.25) is 5.89 Å². The summed E-state index contributed by atoms with van der Waals surface area (Å²) in [5.74, 6) is 2.49. The quantitative estimate of drug-likeness (QED) is 0.568. The minimum Gasteiger partial charge on any atom is -0.467 e. The number of nitrogens with one attached hydrogen (secondary N) is 2. The monoisotopic (exact) mass is 404 g/mol. The van der Waals surface area contributed by atoms with Crippen molar-refractivity contribution in [2.75, 3.05) is 19.9 Å². The van der Waals surface area contributed by atoms with Crippen LogP contribution in [0.4, 0.5) is 4.39 Å². The van der Waals surface area contributed by atoms with E-state index in [2.05, 4.69) is 41.4 Å². The van der Waals surface area contributed by atoms with Crippen molar-refractivity contribution in [2.45, 2.75) is 52.7 Å². The van der Waals surface area contributed by atoms with Crippen molar-refractivity contribution in [3.05, 3.63) is 46.9 Å². The Morgan fingerprint density at radius 3 is 2.83 bits per heavy atom. The fourth-order valence-corrected chi connectivity index (χ4v) is 2.98. The van der Waals surface area contributed by atoms with Gasteiger partial charge in [0.05, 0.1) is 12.8 Å². The summed E-state index contributed by atoms with van der Waals surface area (Å²) < 4.78 is 30.4. The summed E-state index contributed by atoms with van der Waals surface area (Å²) in [7, 11) is 0. The number of aliphatic imine (C=N–C) groups is 1. The van der Waals surface area contributed by atoms with Crippen LogP contribution in [0.5, 0.6) is 5.75 Å². The van der Waals surface area contributed by atoms with E-state index in [9.17, 15) is 4.39 Å². The molecule has 158 valence electrons. The van der Waals surface area contributed by atoms with Crippen LogP contribution in [0.1, 0.15) is 50.5 Å². The lowest BCUT2D eigenvalue weighted by molar-refractivity contribution is -0.0172. The number of rotatable bonds is 6. The number of aromatic nitrogens is 1. The maximum absolute atomic E-state index is 13.9. The molecule has 1 aliphatic heterocycles. The third-order valence-corrected chi connectivity index (χ3v) is 4.45. The van der Waals surface area contributed by atoms with E-state index in [1.165, 1.54) is 12.1 Å². The van der Waals surface area contributed by atoms with Gasteiger partial charge in [-0.3, -0.25) is 0 Å². The first kappa shape index (κ1) is 21.1. The fraction of sp³-hybridized carbons (Fsp3) is 0.524. The van der Waals surface area contributed by atoms with Crippen LogP contribution in [0.25, 0.3) is 0 Å². The second kappa shape index (κ2) is 9.26. The van der Waals surface area contributed by atoms with Crippen molar-refractivity contribution >= 4 is 5.96 Å². The van der Waals surface area contributed by atoms with Crippen molar-refractivity contribution in [1.29, 1.82) is 0 Å². The second-order valence-corrected chi connectivity index (χ2v) is 7.90. The van der Waals surface area contributed by atoms with E-state index in [0.29, 0.717) is 38.0 Å². The summed E-state index contributed by atoms with van der Waals surface area (Å²) >= 11 is 0. The second-order valence-electron chi connectivity index (χ2n) is 7.90. The van der Waals surface area contributed by atoms with Gasteiger partial charge in [0.15, 0.2) is 12.8 Å². The molecular weight excluding hydrogens is 375 g/mol. The Labute approximate surface area is 170 Å². The smallest absolute Gasteiger partial charge is 0.216 e. The SMILES string of the molecule is CCNC(=NCc1ncc(C(C)(C)C)o1)NCCc1cc(F)cc2c1OCOC2. The van der Waals surface area contributed by atoms with Crippen LogP contribution < -0.4 is 15.4 Å². The molecule has 1 aromatic heterocycles. The van der Waals surface area contributed by atoms with Crippen LogP contribution in [0.3, 0.4) is 0 Å². The molecule has 0 bridgehead atoms. The number of hydrogen-bond acceptors (Lipinski definition) is 5. The zero-order valence-electron chi connectivity index (χ0n) is 17.5. The van der Waals surface area contributed by atoms with Crippen molar-refractivity contribution in [3.63, 3.8) is 0 Å². The van der Waals surface area contributed by atoms with Crippen molar-refractivity contribution in [1.82, 2.24) is 15.6 Å². The Balaban J connectivity index is 1.61. The van der Waals surface area contributed by atoms with E-state index in [-0.39, 0.29) is 18.0 Å². The van der Waals surface area contributed by atoms with Crippen molar-refractivity contribution in [2.24, 2.45) is 4.99 Å². The maximum Gasteiger partial charge on any atom is 0.216 e. The molecule has 3 rings (SSSR count). The molecule has 0 aliphatic carbocycles. The van der Waals surface area contributed by atoms with Crippen LogP contribution >= 0.6 is 0 Å². The lowest BCUT2D eigenvalue weighted by Gasteiger charge is -2.21. The molecule has 0 atom stereocenters. The molecular formula is C21H29FN4O3. The van der Waals surface area contributed by atoms with E-state index in [0.717, 1.165) is 29.2 Å². The first-order chi connectivity index (χ1) is 13.9. The minimum atomic E-state index is -0.285. The molecule has 29 heavy (non-hydrogen) atoms. The van der Waals surface area contributed by atoms with E-state index < -0.39 is 0 Å². The van der Waals surface area contributed by atoms with E-state index in [1.54, 1.807) is 6.20 Å². The first-order valence-corrected chi connectivity index (χ1v) is 9.86. The molecule has 0 unspecified atom stereocenters. The van der Waals surface area contributed by atoms with E-state index >= 15 is 0 Å². The summed E-state index contributed by atoms with van der Waals surface area (Å²) in [6.07, 6.45) is 2.35. The number of oxazole rings is 1. The zero-order valence-corrected chi connectivity index (χ0v) is 17.5. The lowest BCUT2D eigenvalue weighted by atomic mass is 9.94. The number of nitrogens with zero attached hydrogens (tertiary/aromatic N) is 2. The standard InChI is InChI=1S/C21H29FN4O3/c1-5-23-20(26-11-18-25-10-17(29-18)21(2,3)4)24-7-6-14-8-16(22)9-15-12-27-13-28-19(14)15/h8-10H,5-7,11-13H2,1-4H3,(H2,23,24,26). The number of fused-ring (bicyclic) bond motifs is 1. The Morgan fingerprint density at radius 1 is 1.28 bits per heavy atom. The van der Waals surface area contributed by atoms with Gasteiger partial charge in [-0.1, -0.05) is 20.8 Å². The largest absolute Gasteiger partial charge is 0.467 e. The van der Waals surface area contributed by atoms with Crippen LogP contribution in [0, 0.1) is 5.82 Å². The Bertz CT molecular complexity index is 858. The van der Waals surface area contributed by atoms with Gasteiger partial charge < -0.3 is 24.5 Å². The zero-order chi connectivity index (χ0) is 20.9. The van der Waals surface area contributed by atoms with Gasteiger partial charge in [0.1, 0.15) is 23.9 Å². The highest BCUT2D eigenvalue weighted by Crippen LogP contribution is 2.29. The summed E-state index contributed by atoms with van der Waals surface area (Å²) in [6.45, 7) is 10.4. The molecule has 0 fully saturated rings. The van der Waals surface area contributed by atoms with Gasteiger partial charge in [-0.2, -0.15) is 0 Å². The summed E-state index contributed by atoms with van der Waals surface area (Å²) in [5, 5.41) is 6.46. The first-order valence-electron chi connectivity index (χ1n) is 9.86. The predicted molar refractivity (Wildman–Crippen MR) is 108 cm³/mol. The van der Waals surface area contributed by atoms with Gasteiger partial charge in [0, 0.05) is 24.1 Å². The molecule has 2 aromatic rings. The Morgan fingerprint density at radius 2 is 2.10 bits per heavy atom. The van der Waals surface area contributed by atoms with Gasteiger partial charge in [-0.25, -0.2) is 14.4 Å². The topological polar surface area (TPSA) is 80.9 Å². The Kier molecular flexibility index (Phi) is 6.74. The molecule has 0 spiro atoms. The summed E-state index contributed by atoms with van der Waals surface area (Å²) in [5.41, 5.74) is 1.47. The highest BCUT2D eigenvalue weighted by atomic mass is 19.1.